The number of sulfonamides is 1. The highest BCUT2D eigenvalue weighted by molar-refractivity contribution is 9.10. The second-order valence-corrected chi connectivity index (χ2v) is 11.3. The molecule has 0 saturated carbocycles. The number of amides is 1. The number of carbonyl (C=O) groups is 2. The first-order chi connectivity index (χ1) is 18.1. The van der Waals surface area contributed by atoms with Crippen LogP contribution in [0.15, 0.2) is 82.2 Å². The van der Waals surface area contributed by atoms with Crippen LogP contribution in [-0.2, 0) is 19.6 Å². The fraction of sp³-hybridized carbons (Fsp3) is 0.286. The Morgan fingerprint density at radius 3 is 2.05 bits per heavy atom. The molecule has 202 valence electrons. The minimum Gasteiger partial charge on any atom is -0.497 e. The largest absolute Gasteiger partial charge is 0.497 e. The van der Waals surface area contributed by atoms with E-state index in [0.29, 0.717) is 37.1 Å². The third kappa shape index (κ3) is 7.89. The SMILES string of the molecule is CCC(=O)NCCCC(c1ccc(OC)cc1)C(NS(=O)(=O)c1ccc(-c2ccc(Br)cc2)cc1)C(=O)O. The minimum atomic E-state index is -4.16. The molecule has 0 aliphatic carbocycles. The number of carboxylic acid groups (broad SMARTS) is 1. The van der Waals surface area contributed by atoms with E-state index in [2.05, 4.69) is 26.0 Å². The number of hydrogen-bond acceptors (Lipinski definition) is 5. The maximum atomic E-state index is 13.3. The van der Waals surface area contributed by atoms with Crippen LogP contribution in [0.1, 0.15) is 37.7 Å². The summed E-state index contributed by atoms with van der Waals surface area (Å²) in [6.45, 7) is 2.10. The number of carbonyl (C=O) groups excluding carboxylic acids is 1. The lowest BCUT2D eigenvalue weighted by Gasteiger charge is -2.26. The standard InChI is InChI=1S/C28H31BrN2O6S/c1-3-26(32)30-18-4-5-25(21-8-14-23(37-2)15-9-21)27(28(33)34)31-38(35,36)24-16-10-20(11-17-24)19-6-12-22(29)13-7-19/h6-17,25,27,31H,3-5,18H2,1-2H3,(H,30,32)(H,33,34). The van der Waals surface area contributed by atoms with Gasteiger partial charge in [-0.05, 0) is 65.9 Å². The normalized spacial score (nSPS) is 12.9. The first-order valence-electron chi connectivity index (χ1n) is 12.2. The molecule has 0 saturated heterocycles. The Morgan fingerprint density at radius 1 is 0.947 bits per heavy atom. The van der Waals surface area contributed by atoms with Gasteiger partial charge in [-0.1, -0.05) is 59.3 Å². The van der Waals surface area contributed by atoms with Crippen molar-refractivity contribution in [2.45, 2.75) is 43.0 Å². The molecule has 3 aromatic rings. The molecule has 0 radical (unpaired) electrons. The van der Waals surface area contributed by atoms with Crippen molar-refractivity contribution in [3.8, 4) is 16.9 Å². The molecule has 0 aliphatic rings. The molecule has 0 fully saturated rings. The van der Waals surface area contributed by atoms with Crippen molar-refractivity contribution in [1.82, 2.24) is 10.0 Å². The predicted octanol–water partition coefficient (Wildman–Crippen LogP) is 4.95. The first kappa shape index (κ1) is 29.3. The Morgan fingerprint density at radius 2 is 1.53 bits per heavy atom. The predicted molar refractivity (Wildman–Crippen MR) is 150 cm³/mol. The Hall–Kier alpha value is -3.21. The van der Waals surface area contributed by atoms with E-state index in [1.54, 1.807) is 43.3 Å². The number of rotatable bonds is 13. The lowest BCUT2D eigenvalue weighted by atomic mass is 9.87. The molecule has 0 bridgehead atoms. The third-order valence-corrected chi connectivity index (χ3v) is 8.16. The summed E-state index contributed by atoms with van der Waals surface area (Å²) in [5, 5.41) is 12.9. The fourth-order valence-electron chi connectivity index (χ4n) is 4.06. The van der Waals surface area contributed by atoms with Crippen LogP contribution in [-0.4, -0.2) is 45.1 Å². The summed E-state index contributed by atoms with van der Waals surface area (Å²) in [7, 11) is -2.63. The van der Waals surface area contributed by atoms with Gasteiger partial charge in [0, 0.05) is 23.4 Å². The summed E-state index contributed by atoms with van der Waals surface area (Å²) >= 11 is 3.39. The van der Waals surface area contributed by atoms with Gasteiger partial charge in [-0.15, -0.1) is 0 Å². The average Bonchev–Trinajstić information content (AvgIpc) is 2.92. The number of benzene rings is 3. The van der Waals surface area contributed by atoms with Crippen LogP contribution in [0.2, 0.25) is 0 Å². The van der Waals surface area contributed by atoms with Crippen molar-refractivity contribution < 1.29 is 27.9 Å². The van der Waals surface area contributed by atoms with E-state index >= 15 is 0 Å². The lowest BCUT2D eigenvalue weighted by Crippen LogP contribution is -2.45. The van der Waals surface area contributed by atoms with Gasteiger partial charge in [0.15, 0.2) is 0 Å². The minimum absolute atomic E-state index is 0.0340. The van der Waals surface area contributed by atoms with Crippen LogP contribution < -0.4 is 14.8 Å². The zero-order valence-corrected chi connectivity index (χ0v) is 23.6. The monoisotopic (exact) mass is 602 g/mol. The zero-order chi connectivity index (χ0) is 27.7. The number of aliphatic carboxylic acids is 1. The van der Waals surface area contributed by atoms with Crippen LogP contribution in [0.3, 0.4) is 0 Å². The van der Waals surface area contributed by atoms with Crippen molar-refractivity contribution >= 4 is 37.8 Å². The van der Waals surface area contributed by atoms with Gasteiger partial charge in [0.2, 0.25) is 15.9 Å². The zero-order valence-electron chi connectivity index (χ0n) is 21.2. The maximum absolute atomic E-state index is 13.3. The molecule has 0 aliphatic heterocycles. The second-order valence-electron chi connectivity index (χ2n) is 8.69. The maximum Gasteiger partial charge on any atom is 0.322 e. The van der Waals surface area contributed by atoms with Crippen molar-refractivity contribution in [1.29, 1.82) is 0 Å². The van der Waals surface area contributed by atoms with Crippen molar-refractivity contribution in [2.24, 2.45) is 0 Å². The lowest BCUT2D eigenvalue weighted by molar-refractivity contribution is -0.139. The molecule has 0 heterocycles. The molecule has 2 atom stereocenters. The van der Waals surface area contributed by atoms with Gasteiger partial charge >= 0.3 is 5.97 Å². The second kappa shape index (κ2) is 13.5. The first-order valence-corrected chi connectivity index (χ1v) is 14.4. The van der Waals surface area contributed by atoms with Gasteiger partial charge < -0.3 is 15.2 Å². The molecule has 3 aromatic carbocycles. The number of methoxy groups -OCH3 is 1. The van der Waals surface area contributed by atoms with Crippen LogP contribution in [0.4, 0.5) is 0 Å². The number of ether oxygens (including phenoxy) is 1. The van der Waals surface area contributed by atoms with Crippen LogP contribution in [0, 0.1) is 0 Å². The molecule has 10 heteroatoms. The number of nitrogens with one attached hydrogen (secondary N) is 2. The Balaban J connectivity index is 1.85. The van der Waals surface area contributed by atoms with Crippen molar-refractivity contribution in [3.63, 3.8) is 0 Å². The molecule has 3 N–H and O–H groups in total. The molecule has 2 unspecified atom stereocenters. The van der Waals surface area contributed by atoms with Crippen LogP contribution >= 0.6 is 15.9 Å². The molecule has 38 heavy (non-hydrogen) atoms. The Labute approximate surface area is 231 Å². The summed E-state index contributed by atoms with van der Waals surface area (Å²) in [6.07, 6.45) is 1.15. The highest BCUT2D eigenvalue weighted by Crippen LogP contribution is 2.29. The van der Waals surface area contributed by atoms with Gasteiger partial charge in [0.25, 0.3) is 0 Å². The molecule has 1 amide bonds. The fourth-order valence-corrected chi connectivity index (χ4v) is 5.55. The summed E-state index contributed by atoms with van der Waals surface area (Å²) in [6, 6.07) is 19.3. The number of carboxylic acids is 1. The van der Waals surface area contributed by atoms with Crippen LogP contribution in [0.5, 0.6) is 5.75 Å². The number of halogens is 1. The van der Waals surface area contributed by atoms with E-state index < -0.39 is 28.0 Å². The molecular formula is C28H31BrN2O6S. The highest BCUT2D eigenvalue weighted by Gasteiger charge is 2.33. The van der Waals surface area contributed by atoms with E-state index in [1.165, 1.54) is 19.2 Å². The summed E-state index contributed by atoms with van der Waals surface area (Å²) < 4.78 is 35.1. The van der Waals surface area contributed by atoms with Gasteiger partial charge in [0.05, 0.1) is 12.0 Å². The summed E-state index contributed by atoms with van der Waals surface area (Å²) in [5.74, 6) is -1.48. The van der Waals surface area contributed by atoms with E-state index in [-0.39, 0.29) is 10.8 Å². The molecule has 0 aromatic heterocycles. The molecule has 8 nitrogen and oxygen atoms in total. The molecular weight excluding hydrogens is 572 g/mol. The van der Waals surface area contributed by atoms with E-state index in [4.69, 9.17) is 4.74 Å². The van der Waals surface area contributed by atoms with Crippen molar-refractivity contribution in [3.05, 3.63) is 82.8 Å². The quantitative estimate of drug-likeness (QED) is 0.238. The van der Waals surface area contributed by atoms with E-state index in [0.717, 1.165) is 15.6 Å². The topological polar surface area (TPSA) is 122 Å². The summed E-state index contributed by atoms with van der Waals surface area (Å²) in [4.78, 5) is 23.9. The molecule has 0 spiro atoms. The Bertz CT molecular complexity index is 1330. The van der Waals surface area contributed by atoms with Gasteiger partial charge in [-0.25, -0.2) is 8.42 Å². The van der Waals surface area contributed by atoms with Gasteiger partial charge in [0.1, 0.15) is 11.8 Å². The molecule has 3 rings (SSSR count). The van der Waals surface area contributed by atoms with E-state index in [1.807, 2.05) is 24.3 Å². The third-order valence-electron chi connectivity index (χ3n) is 6.17. The average molecular weight is 604 g/mol. The highest BCUT2D eigenvalue weighted by atomic mass is 79.9. The van der Waals surface area contributed by atoms with Crippen LogP contribution in [0.25, 0.3) is 11.1 Å². The van der Waals surface area contributed by atoms with Crippen molar-refractivity contribution in [2.75, 3.05) is 13.7 Å². The smallest absolute Gasteiger partial charge is 0.322 e. The van der Waals surface area contributed by atoms with E-state index in [9.17, 15) is 23.1 Å². The Kier molecular flexibility index (Phi) is 10.5. The van der Waals surface area contributed by atoms with Gasteiger partial charge in [-0.2, -0.15) is 4.72 Å². The van der Waals surface area contributed by atoms with Gasteiger partial charge in [-0.3, -0.25) is 9.59 Å². The number of hydrogen-bond donors (Lipinski definition) is 3. The summed E-state index contributed by atoms with van der Waals surface area (Å²) in [5.41, 5.74) is 2.40.